The van der Waals surface area contributed by atoms with Crippen molar-refractivity contribution in [3.05, 3.63) is 65.5 Å². The molecule has 0 saturated carbocycles. The molecule has 0 radical (unpaired) electrons. The molecule has 0 heterocycles. The van der Waals surface area contributed by atoms with Crippen LogP contribution in [0, 0.1) is 5.82 Å². The van der Waals surface area contributed by atoms with Crippen molar-refractivity contribution in [3.63, 3.8) is 0 Å². The highest BCUT2D eigenvalue weighted by Crippen LogP contribution is 2.20. The Hall–Kier alpha value is -1.87. The van der Waals surface area contributed by atoms with Crippen molar-refractivity contribution >= 4 is 0 Å². The van der Waals surface area contributed by atoms with E-state index in [-0.39, 0.29) is 23.7 Å². The normalized spacial score (nSPS) is 13.9. The zero-order chi connectivity index (χ0) is 15.2. The summed E-state index contributed by atoms with van der Waals surface area (Å²) in [6.45, 7) is 4.27. The number of hydrogen-bond donors (Lipinski definition) is 2. The average Bonchev–Trinajstić information content (AvgIpc) is 2.48. The van der Waals surface area contributed by atoms with Gasteiger partial charge in [-0.05, 0) is 55.2 Å². The Labute approximate surface area is 125 Å². The third-order valence-electron chi connectivity index (χ3n) is 3.64. The topological polar surface area (TPSA) is 32.3 Å². The first kappa shape index (κ1) is 15.5. The van der Waals surface area contributed by atoms with Crippen molar-refractivity contribution in [2.75, 3.05) is 0 Å². The molecule has 3 heteroatoms. The Kier molecular flexibility index (Phi) is 5.34. The summed E-state index contributed by atoms with van der Waals surface area (Å²) in [4.78, 5) is 0. The van der Waals surface area contributed by atoms with Crippen molar-refractivity contribution in [3.8, 4) is 5.75 Å². The summed E-state index contributed by atoms with van der Waals surface area (Å²) in [6, 6.07) is 14.5. The van der Waals surface area contributed by atoms with Crippen LogP contribution < -0.4 is 5.32 Å². The van der Waals surface area contributed by atoms with Gasteiger partial charge in [0.25, 0.3) is 0 Å². The van der Waals surface area contributed by atoms with E-state index in [2.05, 4.69) is 19.2 Å². The van der Waals surface area contributed by atoms with Crippen LogP contribution in [-0.4, -0.2) is 11.1 Å². The highest BCUT2D eigenvalue weighted by atomic mass is 19.1. The summed E-state index contributed by atoms with van der Waals surface area (Å²) in [5.74, 6) is 0.0860. The summed E-state index contributed by atoms with van der Waals surface area (Å²) in [5.41, 5.74) is 2.29. The molecule has 2 atom stereocenters. The molecule has 2 aromatic rings. The molecular weight excluding hydrogens is 265 g/mol. The quantitative estimate of drug-likeness (QED) is 0.834. The predicted octanol–water partition coefficient (Wildman–Crippen LogP) is 4.20. The molecule has 2 nitrogen and oxygen atoms in total. The Morgan fingerprint density at radius 2 is 1.67 bits per heavy atom. The van der Waals surface area contributed by atoms with Gasteiger partial charge in [0.05, 0.1) is 0 Å². The molecule has 0 fully saturated rings. The first-order valence-electron chi connectivity index (χ1n) is 7.38. The van der Waals surface area contributed by atoms with Crippen LogP contribution >= 0.6 is 0 Å². The van der Waals surface area contributed by atoms with E-state index >= 15 is 0 Å². The number of hydrogen-bond acceptors (Lipinski definition) is 2. The minimum atomic E-state index is -0.199. The van der Waals surface area contributed by atoms with Gasteiger partial charge in [-0.25, -0.2) is 4.39 Å². The Bertz CT molecular complexity index is 550. The van der Waals surface area contributed by atoms with Gasteiger partial charge in [-0.15, -0.1) is 0 Å². The number of halogens is 1. The third-order valence-corrected chi connectivity index (χ3v) is 3.64. The minimum absolute atomic E-state index is 0.199. The van der Waals surface area contributed by atoms with Crippen LogP contribution in [0.2, 0.25) is 0 Å². The van der Waals surface area contributed by atoms with Crippen molar-refractivity contribution in [2.24, 2.45) is 0 Å². The standard InChI is InChI=1S/C18H22FNO/c1-3-18(15-6-10-17(21)11-7-15)20-13(2)12-14-4-8-16(19)9-5-14/h4-11,13,18,20-21H,3,12H2,1-2H3. The average molecular weight is 287 g/mol. The largest absolute Gasteiger partial charge is 0.508 e. The van der Waals surface area contributed by atoms with Gasteiger partial charge in [-0.2, -0.15) is 0 Å². The molecule has 0 spiro atoms. The van der Waals surface area contributed by atoms with E-state index in [1.54, 1.807) is 12.1 Å². The zero-order valence-corrected chi connectivity index (χ0v) is 12.5. The molecule has 0 aliphatic heterocycles. The summed E-state index contributed by atoms with van der Waals surface area (Å²) in [7, 11) is 0. The maximum atomic E-state index is 12.9. The fourth-order valence-corrected chi connectivity index (χ4v) is 2.53. The second-order valence-corrected chi connectivity index (χ2v) is 5.45. The number of phenolic OH excluding ortho intramolecular Hbond substituents is 1. The summed E-state index contributed by atoms with van der Waals surface area (Å²) in [6.07, 6.45) is 1.83. The van der Waals surface area contributed by atoms with Crippen molar-refractivity contribution < 1.29 is 9.50 Å². The molecule has 0 aliphatic rings. The number of nitrogens with one attached hydrogen (secondary N) is 1. The van der Waals surface area contributed by atoms with Crippen LogP contribution in [0.15, 0.2) is 48.5 Å². The monoisotopic (exact) mass is 287 g/mol. The molecular formula is C18H22FNO. The molecule has 0 amide bonds. The van der Waals surface area contributed by atoms with Crippen LogP contribution in [0.1, 0.15) is 37.4 Å². The summed E-state index contributed by atoms with van der Waals surface area (Å²) < 4.78 is 12.9. The second-order valence-electron chi connectivity index (χ2n) is 5.45. The van der Waals surface area contributed by atoms with Gasteiger partial charge in [-0.3, -0.25) is 0 Å². The van der Waals surface area contributed by atoms with E-state index in [0.29, 0.717) is 0 Å². The lowest BCUT2D eigenvalue weighted by Gasteiger charge is -2.23. The van der Waals surface area contributed by atoms with Crippen LogP contribution in [0.5, 0.6) is 5.75 Å². The lowest BCUT2D eigenvalue weighted by molar-refractivity contribution is 0.441. The maximum absolute atomic E-state index is 12.9. The molecule has 2 unspecified atom stereocenters. The molecule has 0 saturated heterocycles. The predicted molar refractivity (Wildman–Crippen MR) is 83.8 cm³/mol. The fourth-order valence-electron chi connectivity index (χ4n) is 2.53. The molecule has 112 valence electrons. The van der Waals surface area contributed by atoms with Crippen molar-refractivity contribution in [2.45, 2.75) is 38.8 Å². The first-order valence-corrected chi connectivity index (χ1v) is 7.38. The van der Waals surface area contributed by atoms with E-state index in [4.69, 9.17) is 0 Å². The Balaban J connectivity index is 1.97. The van der Waals surface area contributed by atoms with E-state index in [0.717, 1.165) is 18.4 Å². The van der Waals surface area contributed by atoms with E-state index in [1.807, 2.05) is 24.3 Å². The van der Waals surface area contributed by atoms with Gasteiger partial charge in [0.1, 0.15) is 11.6 Å². The van der Waals surface area contributed by atoms with Crippen LogP contribution in [-0.2, 0) is 6.42 Å². The van der Waals surface area contributed by atoms with Gasteiger partial charge in [0, 0.05) is 12.1 Å². The fraction of sp³-hybridized carbons (Fsp3) is 0.333. The zero-order valence-electron chi connectivity index (χ0n) is 12.5. The van der Waals surface area contributed by atoms with Gasteiger partial charge < -0.3 is 10.4 Å². The number of benzene rings is 2. The van der Waals surface area contributed by atoms with Crippen molar-refractivity contribution in [1.29, 1.82) is 0 Å². The molecule has 21 heavy (non-hydrogen) atoms. The third kappa shape index (κ3) is 4.57. The number of phenols is 1. The highest BCUT2D eigenvalue weighted by molar-refractivity contribution is 5.28. The number of rotatable bonds is 6. The van der Waals surface area contributed by atoms with E-state index < -0.39 is 0 Å². The lowest BCUT2D eigenvalue weighted by atomic mass is 10.0. The summed E-state index contributed by atoms with van der Waals surface area (Å²) >= 11 is 0. The molecule has 2 rings (SSSR count). The molecule has 0 bridgehead atoms. The minimum Gasteiger partial charge on any atom is -0.508 e. The number of aromatic hydroxyl groups is 1. The molecule has 2 N–H and O–H groups in total. The smallest absolute Gasteiger partial charge is 0.123 e. The second kappa shape index (κ2) is 7.23. The van der Waals surface area contributed by atoms with Crippen molar-refractivity contribution in [1.82, 2.24) is 5.32 Å². The molecule has 2 aromatic carbocycles. The molecule has 0 aliphatic carbocycles. The summed E-state index contributed by atoms with van der Waals surface area (Å²) in [5, 5.41) is 12.9. The van der Waals surface area contributed by atoms with Gasteiger partial charge in [-0.1, -0.05) is 31.2 Å². The van der Waals surface area contributed by atoms with Crippen LogP contribution in [0.3, 0.4) is 0 Å². The van der Waals surface area contributed by atoms with Gasteiger partial charge in [0.15, 0.2) is 0 Å². The lowest BCUT2D eigenvalue weighted by Crippen LogP contribution is -2.31. The van der Waals surface area contributed by atoms with Gasteiger partial charge in [0.2, 0.25) is 0 Å². The Morgan fingerprint density at radius 1 is 1.05 bits per heavy atom. The SMILES string of the molecule is CCC(NC(C)Cc1ccc(F)cc1)c1ccc(O)cc1. The van der Waals surface area contributed by atoms with Gasteiger partial charge >= 0.3 is 0 Å². The maximum Gasteiger partial charge on any atom is 0.123 e. The Morgan fingerprint density at radius 3 is 2.24 bits per heavy atom. The first-order chi connectivity index (χ1) is 10.1. The van der Waals surface area contributed by atoms with Crippen LogP contribution in [0.25, 0.3) is 0 Å². The van der Waals surface area contributed by atoms with Crippen LogP contribution in [0.4, 0.5) is 4.39 Å². The van der Waals surface area contributed by atoms with E-state index in [9.17, 15) is 9.50 Å². The highest BCUT2D eigenvalue weighted by Gasteiger charge is 2.13. The molecule has 0 aromatic heterocycles. The van der Waals surface area contributed by atoms with E-state index in [1.165, 1.54) is 17.7 Å².